The minimum Gasteiger partial charge on any atom is -0.466 e. The molecule has 0 aromatic carbocycles. The highest BCUT2D eigenvalue weighted by atomic mass is 35.5. The van der Waals surface area contributed by atoms with E-state index in [1.807, 2.05) is 0 Å². The van der Waals surface area contributed by atoms with E-state index in [0.717, 1.165) is 6.42 Å². The van der Waals surface area contributed by atoms with Crippen molar-refractivity contribution < 1.29 is 14.0 Å². The molecule has 1 aromatic heterocycles. The zero-order valence-corrected chi connectivity index (χ0v) is 10.9. The molecule has 98 valence electrons. The molecule has 5 nitrogen and oxygen atoms in total. The van der Waals surface area contributed by atoms with E-state index < -0.39 is 5.54 Å². The molecular weight excluding hydrogens is 256 g/mol. The fourth-order valence-electron chi connectivity index (χ4n) is 1.99. The van der Waals surface area contributed by atoms with Crippen molar-refractivity contribution in [3.8, 4) is 0 Å². The summed E-state index contributed by atoms with van der Waals surface area (Å²) in [6.07, 6.45) is 2.96. The number of nitrogens with zero attached hydrogens (tertiary/aromatic N) is 1. The lowest BCUT2D eigenvalue weighted by Crippen LogP contribution is -2.40. The van der Waals surface area contributed by atoms with Crippen LogP contribution in [0.5, 0.6) is 0 Å². The predicted molar refractivity (Wildman–Crippen MR) is 66.3 cm³/mol. The predicted octanol–water partition coefficient (Wildman–Crippen LogP) is 2.07. The van der Waals surface area contributed by atoms with Crippen molar-refractivity contribution in [3.05, 3.63) is 24.2 Å². The molecule has 1 aliphatic heterocycles. The minimum atomic E-state index is -1.10. The van der Waals surface area contributed by atoms with Crippen LogP contribution in [0.2, 0.25) is 0 Å². The fourth-order valence-corrected chi connectivity index (χ4v) is 2.18. The van der Waals surface area contributed by atoms with Crippen LogP contribution >= 0.6 is 11.6 Å². The normalized spacial score (nSPS) is 23.6. The standard InChI is InChI=1S/C12H15ClN2O3/c1-12(9-5-4-8-18-9)10(16)15(11(17)14-12)7-3-2-6-13/h4-5,8H,2-3,6-7H2,1H3,(H,14,17). The Morgan fingerprint density at radius 2 is 2.22 bits per heavy atom. The summed E-state index contributed by atoms with van der Waals surface area (Å²) in [5.74, 6) is 0.691. The zero-order valence-electron chi connectivity index (χ0n) is 10.1. The minimum absolute atomic E-state index is 0.281. The Balaban J connectivity index is 2.13. The second-order valence-corrected chi connectivity index (χ2v) is 4.76. The maximum absolute atomic E-state index is 12.3. The van der Waals surface area contributed by atoms with Crippen molar-refractivity contribution >= 4 is 23.5 Å². The van der Waals surface area contributed by atoms with E-state index in [0.29, 0.717) is 24.6 Å². The molecule has 18 heavy (non-hydrogen) atoms. The van der Waals surface area contributed by atoms with Crippen molar-refractivity contribution in [3.63, 3.8) is 0 Å². The molecule has 2 heterocycles. The molecule has 2 rings (SSSR count). The lowest BCUT2D eigenvalue weighted by molar-refractivity contribution is -0.131. The van der Waals surface area contributed by atoms with Crippen molar-refractivity contribution in [2.45, 2.75) is 25.3 Å². The largest absolute Gasteiger partial charge is 0.466 e. The monoisotopic (exact) mass is 270 g/mol. The number of carbonyl (C=O) groups excluding carboxylic acids is 2. The van der Waals surface area contributed by atoms with Crippen LogP contribution in [0.25, 0.3) is 0 Å². The molecule has 0 saturated carbocycles. The molecule has 1 unspecified atom stereocenters. The molecule has 3 amide bonds. The van der Waals surface area contributed by atoms with E-state index in [9.17, 15) is 9.59 Å². The maximum atomic E-state index is 12.3. The van der Waals surface area contributed by atoms with E-state index >= 15 is 0 Å². The third-order valence-electron chi connectivity index (χ3n) is 3.05. The molecule has 1 fully saturated rings. The fraction of sp³-hybridized carbons (Fsp3) is 0.500. The molecule has 0 aliphatic carbocycles. The molecule has 1 atom stereocenters. The van der Waals surface area contributed by atoms with E-state index in [1.54, 1.807) is 19.1 Å². The van der Waals surface area contributed by atoms with Gasteiger partial charge in [0.25, 0.3) is 5.91 Å². The lowest BCUT2D eigenvalue weighted by atomic mass is 9.99. The highest BCUT2D eigenvalue weighted by Crippen LogP contribution is 2.29. The van der Waals surface area contributed by atoms with Crippen LogP contribution < -0.4 is 5.32 Å². The van der Waals surface area contributed by atoms with Crippen LogP contribution in [0.4, 0.5) is 4.79 Å². The number of urea groups is 1. The van der Waals surface area contributed by atoms with Gasteiger partial charge in [-0.3, -0.25) is 9.69 Å². The van der Waals surface area contributed by atoms with Crippen molar-refractivity contribution in [2.75, 3.05) is 12.4 Å². The van der Waals surface area contributed by atoms with Crippen LogP contribution in [0.3, 0.4) is 0 Å². The van der Waals surface area contributed by atoms with Crippen LogP contribution in [0, 0.1) is 0 Å². The number of hydrogen-bond donors (Lipinski definition) is 1. The molecule has 0 radical (unpaired) electrons. The second kappa shape index (κ2) is 5.02. The van der Waals surface area contributed by atoms with E-state index in [-0.39, 0.29) is 11.9 Å². The summed E-state index contributed by atoms with van der Waals surface area (Å²) in [4.78, 5) is 25.3. The van der Waals surface area contributed by atoms with Gasteiger partial charge in [-0.15, -0.1) is 11.6 Å². The third-order valence-corrected chi connectivity index (χ3v) is 3.32. The summed E-state index contributed by atoms with van der Waals surface area (Å²) in [5.41, 5.74) is -1.10. The molecule has 6 heteroatoms. The quantitative estimate of drug-likeness (QED) is 0.506. The number of carbonyl (C=O) groups is 2. The molecule has 0 bridgehead atoms. The third kappa shape index (κ3) is 2.10. The van der Waals surface area contributed by atoms with Gasteiger partial charge in [-0.1, -0.05) is 0 Å². The lowest BCUT2D eigenvalue weighted by Gasteiger charge is -2.18. The topological polar surface area (TPSA) is 62.6 Å². The molecule has 1 aliphatic rings. The summed E-state index contributed by atoms with van der Waals surface area (Å²) in [6, 6.07) is 2.99. The highest BCUT2D eigenvalue weighted by Gasteiger charge is 2.50. The van der Waals surface area contributed by atoms with Gasteiger partial charge in [0.1, 0.15) is 5.76 Å². The Kier molecular flexibility index (Phi) is 3.61. The van der Waals surface area contributed by atoms with Gasteiger partial charge in [-0.2, -0.15) is 0 Å². The number of furan rings is 1. The molecule has 0 spiro atoms. The van der Waals surface area contributed by atoms with Gasteiger partial charge in [0.05, 0.1) is 6.26 Å². The van der Waals surface area contributed by atoms with Gasteiger partial charge in [0, 0.05) is 12.4 Å². The van der Waals surface area contributed by atoms with Crippen LogP contribution in [-0.2, 0) is 10.3 Å². The summed E-state index contributed by atoms with van der Waals surface area (Å²) >= 11 is 5.58. The van der Waals surface area contributed by atoms with E-state index in [1.165, 1.54) is 11.2 Å². The smallest absolute Gasteiger partial charge is 0.325 e. The summed E-state index contributed by atoms with van der Waals surface area (Å²) in [6.45, 7) is 2.03. The Bertz CT molecular complexity index is 446. The Labute approximate surface area is 110 Å². The molecule has 1 saturated heterocycles. The Morgan fingerprint density at radius 3 is 2.83 bits per heavy atom. The zero-order chi connectivity index (χ0) is 13.2. The number of nitrogens with one attached hydrogen (secondary N) is 1. The number of alkyl halides is 1. The maximum Gasteiger partial charge on any atom is 0.325 e. The Morgan fingerprint density at radius 1 is 1.44 bits per heavy atom. The number of amides is 3. The average Bonchev–Trinajstić information content (AvgIpc) is 2.93. The van der Waals surface area contributed by atoms with Crippen molar-refractivity contribution in [1.82, 2.24) is 10.2 Å². The number of unbranched alkanes of at least 4 members (excludes halogenated alkanes) is 1. The van der Waals surface area contributed by atoms with Gasteiger partial charge in [-0.25, -0.2) is 4.79 Å². The van der Waals surface area contributed by atoms with Crippen LogP contribution in [0.1, 0.15) is 25.5 Å². The van der Waals surface area contributed by atoms with Crippen LogP contribution in [0.15, 0.2) is 22.8 Å². The first kappa shape index (κ1) is 13.0. The second-order valence-electron chi connectivity index (χ2n) is 4.39. The van der Waals surface area contributed by atoms with E-state index in [2.05, 4.69) is 5.32 Å². The number of hydrogen-bond acceptors (Lipinski definition) is 3. The van der Waals surface area contributed by atoms with Crippen LogP contribution in [-0.4, -0.2) is 29.3 Å². The molecule has 1 aromatic rings. The molecular formula is C12H15ClN2O3. The number of halogens is 1. The first-order valence-corrected chi connectivity index (χ1v) is 6.37. The van der Waals surface area contributed by atoms with Gasteiger partial charge in [0.2, 0.25) is 0 Å². The highest BCUT2D eigenvalue weighted by molar-refractivity contribution is 6.17. The van der Waals surface area contributed by atoms with Gasteiger partial charge in [-0.05, 0) is 31.9 Å². The molecule has 1 N–H and O–H groups in total. The SMILES string of the molecule is CC1(c2ccco2)NC(=O)N(CCCCCl)C1=O. The number of rotatable bonds is 5. The van der Waals surface area contributed by atoms with Crippen molar-refractivity contribution in [2.24, 2.45) is 0 Å². The summed E-state index contributed by atoms with van der Waals surface area (Å²) in [7, 11) is 0. The summed E-state index contributed by atoms with van der Waals surface area (Å²) < 4.78 is 5.23. The van der Waals surface area contributed by atoms with Gasteiger partial charge >= 0.3 is 6.03 Å². The van der Waals surface area contributed by atoms with E-state index in [4.69, 9.17) is 16.0 Å². The first-order valence-electron chi connectivity index (χ1n) is 5.83. The number of imide groups is 1. The van der Waals surface area contributed by atoms with Gasteiger partial charge < -0.3 is 9.73 Å². The van der Waals surface area contributed by atoms with Gasteiger partial charge in [0.15, 0.2) is 5.54 Å². The average molecular weight is 271 g/mol. The summed E-state index contributed by atoms with van der Waals surface area (Å²) in [5, 5.41) is 2.67. The van der Waals surface area contributed by atoms with Crippen molar-refractivity contribution in [1.29, 1.82) is 0 Å². The Hall–Kier alpha value is -1.49. The first-order chi connectivity index (χ1) is 8.59.